The first-order valence-corrected chi connectivity index (χ1v) is 20.2. The topological polar surface area (TPSA) is 145 Å². The number of nitrogens with one attached hydrogen (secondary N) is 3. The first-order chi connectivity index (χ1) is 23.2. The molecule has 1 aliphatic heterocycles. The van der Waals surface area contributed by atoms with E-state index in [2.05, 4.69) is 15.4 Å². The highest BCUT2D eigenvalue weighted by Crippen LogP contribution is 2.40. The maximum Gasteiger partial charge on any atom is 0.254 e. The molecule has 264 valence electrons. The van der Waals surface area contributed by atoms with Crippen LogP contribution < -0.4 is 15.4 Å². The second kappa shape index (κ2) is 17.5. The van der Waals surface area contributed by atoms with Gasteiger partial charge in [-0.1, -0.05) is 84.9 Å². The molecule has 3 aromatic rings. The number of nitrogens with zero attached hydrogens (tertiary/aromatic N) is 1. The molecule has 0 saturated carbocycles. The third-order valence-corrected chi connectivity index (χ3v) is 11.6. The van der Waals surface area contributed by atoms with Crippen molar-refractivity contribution in [2.45, 2.75) is 74.9 Å². The van der Waals surface area contributed by atoms with Gasteiger partial charge in [0, 0.05) is 22.8 Å². The van der Waals surface area contributed by atoms with Crippen molar-refractivity contribution in [1.29, 1.82) is 0 Å². The summed E-state index contributed by atoms with van der Waals surface area (Å²) in [6, 6.07) is 23.7. The van der Waals surface area contributed by atoms with Crippen molar-refractivity contribution < 1.29 is 27.9 Å². The van der Waals surface area contributed by atoms with Crippen LogP contribution in [0.3, 0.4) is 0 Å². The van der Waals surface area contributed by atoms with Crippen LogP contribution in [0.2, 0.25) is 0 Å². The van der Waals surface area contributed by atoms with E-state index in [1.807, 2.05) is 106 Å². The molecule has 3 aromatic carbocycles. The van der Waals surface area contributed by atoms with Crippen LogP contribution in [0.5, 0.6) is 0 Å². The number of carbonyl (C=O) groups excluding carboxylic acids is 3. The van der Waals surface area contributed by atoms with Gasteiger partial charge in [0.05, 0.1) is 18.2 Å². The molecule has 1 aliphatic rings. The molecule has 4 atom stereocenters. The lowest BCUT2D eigenvalue weighted by atomic mass is 9.97. The van der Waals surface area contributed by atoms with E-state index in [1.165, 1.54) is 28.4 Å². The summed E-state index contributed by atoms with van der Waals surface area (Å²) in [5, 5.41) is 17.4. The van der Waals surface area contributed by atoms with Gasteiger partial charge < -0.3 is 20.6 Å². The van der Waals surface area contributed by atoms with Gasteiger partial charge in [-0.3, -0.25) is 14.4 Å². The maximum atomic E-state index is 14.1. The zero-order chi connectivity index (χ0) is 35.6. The van der Waals surface area contributed by atoms with Gasteiger partial charge in [0.25, 0.3) is 5.91 Å². The molecular formula is C36H46N4O6S3. The van der Waals surface area contributed by atoms with Crippen molar-refractivity contribution >= 4 is 51.3 Å². The Labute approximate surface area is 298 Å². The second-order valence-corrected chi connectivity index (χ2v) is 17.2. The predicted molar refractivity (Wildman–Crippen MR) is 197 cm³/mol. The molecule has 4 N–H and O–H groups in total. The van der Waals surface area contributed by atoms with Crippen molar-refractivity contribution in [1.82, 2.24) is 20.3 Å². The van der Waals surface area contributed by atoms with Crippen molar-refractivity contribution in [2.75, 3.05) is 17.9 Å². The summed E-state index contributed by atoms with van der Waals surface area (Å²) in [5.74, 6) is -0.804. The van der Waals surface area contributed by atoms with Crippen LogP contribution in [0.15, 0.2) is 84.9 Å². The molecule has 0 bridgehead atoms. The minimum absolute atomic E-state index is 0.128. The van der Waals surface area contributed by atoms with E-state index in [1.54, 1.807) is 0 Å². The van der Waals surface area contributed by atoms with Crippen LogP contribution >= 0.6 is 23.5 Å². The maximum absolute atomic E-state index is 14.1. The molecule has 49 heavy (non-hydrogen) atoms. The molecule has 10 nitrogen and oxygen atoms in total. The van der Waals surface area contributed by atoms with Crippen LogP contribution in [0, 0.1) is 6.92 Å². The minimum atomic E-state index is -3.77. The molecule has 3 amide bonds. The number of rotatable bonds is 16. The number of hydrogen-bond acceptors (Lipinski definition) is 8. The SMILES string of the molecule is Cc1ccccc1CNC(=O)[C@H]1N(C(=O)[C@@H](O)[C@H](CCc2ccccc2)NC(=O)[C@@H](CSCc2ccccc2)NS(C)(=O)=O)CSC1(C)C. The Bertz CT molecular complexity index is 1670. The number of aliphatic hydroxyl groups is 1. The predicted octanol–water partition coefficient (Wildman–Crippen LogP) is 3.62. The molecule has 0 spiro atoms. The Morgan fingerprint density at radius 2 is 1.59 bits per heavy atom. The van der Waals surface area contributed by atoms with E-state index in [0.717, 1.165) is 28.5 Å². The van der Waals surface area contributed by atoms with E-state index < -0.39 is 50.8 Å². The minimum Gasteiger partial charge on any atom is -0.381 e. The summed E-state index contributed by atoms with van der Waals surface area (Å²) in [4.78, 5) is 42.8. The first-order valence-electron chi connectivity index (χ1n) is 16.1. The molecule has 0 radical (unpaired) electrons. The fourth-order valence-corrected chi connectivity index (χ4v) is 8.66. The largest absolute Gasteiger partial charge is 0.381 e. The lowest BCUT2D eigenvalue weighted by Gasteiger charge is -2.33. The van der Waals surface area contributed by atoms with E-state index in [-0.39, 0.29) is 24.0 Å². The van der Waals surface area contributed by atoms with E-state index >= 15 is 0 Å². The monoisotopic (exact) mass is 726 g/mol. The van der Waals surface area contributed by atoms with Crippen LogP contribution in [-0.4, -0.2) is 83.0 Å². The van der Waals surface area contributed by atoms with Gasteiger partial charge >= 0.3 is 0 Å². The number of sulfonamides is 1. The molecule has 0 unspecified atom stereocenters. The molecule has 1 heterocycles. The second-order valence-electron chi connectivity index (χ2n) is 12.8. The van der Waals surface area contributed by atoms with Gasteiger partial charge in [0.2, 0.25) is 21.8 Å². The number of aryl methyl sites for hydroxylation is 2. The molecule has 1 saturated heterocycles. The summed E-state index contributed by atoms with van der Waals surface area (Å²) < 4.78 is 26.3. The van der Waals surface area contributed by atoms with Crippen LogP contribution in [0.4, 0.5) is 0 Å². The molecule has 0 aromatic heterocycles. The Balaban J connectivity index is 1.52. The fraction of sp³-hybridized carbons (Fsp3) is 0.417. The third-order valence-electron chi connectivity index (χ3n) is 8.41. The Morgan fingerprint density at radius 1 is 0.980 bits per heavy atom. The van der Waals surface area contributed by atoms with Crippen molar-refractivity contribution in [2.24, 2.45) is 0 Å². The summed E-state index contributed by atoms with van der Waals surface area (Å²) in [7, 11) is -3.77. The van der Waals surface area contributed by atoms with Crippen molar-refractivity contribution in [3.63, 3.8) is 0 Å². The number of amides is 3. The summed E-state index contributed by atoms with van der Waals surface area (Å²) in [5.41, 5.74) is 3.96. The van der Waals surface area contributed by atoms with Crippen molar-refractivity contribution in [3.8, 4) is 0 Å². The van der Waals surface area contributed by atoms with Gasteiger partial charge in [-0.05, 0) is 55.9 Å². The molecule has 4 rings (SSSR count). The lowest BCUT2D eigenvalue weighted by Crippen LogP contribution is -2.59. The molecule has 13 heteroatoms. The van der Waals surface area contributed by atoms with Gasteiger partial charge in [-0.25, -0.2) is 13.1 Å². The average molecular weight is 727 g/mol. The van der Waals surface area contributed by atoms with E-state index in [0.29, 0.717) is 18.7 Å². The van der Waals surface area contributed by atoms with Gasteiger partial charge in [-0.15, -0.1) is 11.8 Å². The lowest BCUT2D eigenvalue weighted by molar-refractivity contribution is -0.148. The number of thioether (sulfide) groups is 2. The summed E-state index contributed by atoms with van der Waals surface area (Å²) in [6.07, 6.45) is -0.0779. The highest BCUT2D eigenvalue weighted by molar-refractivity contribution is 8.01. The smallest absolute Gasteiger partial charge is 0.254 e. The highest BCUT2D eigenvalue weighted by atomic mass is 32.2. The zero-order valence-corrected chi connectivity index (χ0v) is 30.7. The van der Waals surface area contributed by atoms with Crippen LogP contribution in [-0.2, 0) is 43.1 Å². The van der Waals surface area contributed by atoms with Crippen molar-refractivity contribution in [3.05, 3.63) is 107 Å². The molecule has 1 fully saturated rings. The number of aliphatic hydroxyl groups excluding tert-OH is 1. The highest BCUT2D eigenvalue weighted by Gasteiger charge is 2.49. The fourth-order valence-electron chi connectivity index (χ4n) is 5.69. The average Bonchev–Trinajstić information content (AvgIpc) is 3.39. The first kappa shape index (κ1) is 38.4. The van der Waals surface area contributed by atoms with Gasteiger partial charge in [-0.2, -0.15) is 11.8 Å². The molecule has 0 aliphatic carbocycles. The van der Waals surface area contributed by atoms with Crippen LogP contribution in [0.1, 0.15) is 42.5 Å². The summed E-state index contributed by atoms with van der Waals surface area (Å²) >= 11 is 2.83. The normalized spacial score (nSPS) is 17.6. The summed E-state index contributed by atoms with van der Waals surface area (Å²) in [6.45, 7) is 6.03. The zero-order valence-electron chi connectivity index (χ0n) is 28.3. The molecular weight excluding hydrogens is 681 g/mol. The Kier molecular flexibility index (Phi) is 13.8. The standard InChI is InChI=1S/C36H46N4O6S3/c1-25-13-11-12-18-28(25)21-37-34(43)32-36(2,3)48-24-40(32)35(44)31(41)29(20-19-26-14-7-5-8-15-26)38-33(42)30(39-49(4,45)46)23-47-22-27-16-9-6-10-17-27/h5-18,29-32,39,41H,19-24H2,1-4H3,(H,37,43)(H,38,42)/t29-,30+,31-,32+/m0/s1. The number of carbonyl (C=O) groups is 3. The number of benzene rings is 3. The van der Waals surface area contributed by atoms with E-state index in [9.17, 15) is 27.9 Å². The van der Waals surface area contributed by atoms with E-state index in [4.69, 9.17) is 0 Å². The Hall–Kier alpha value is -3.36. The third kappa shape index (κ3) is 11.3. The quantitative estimate of drug-likeness (QED) is 0.175. The Morgan fingerprint density at radius 3 is 2.22 bits per heavy atom. The number of hydrogen-bond donors (Lipinski definition) is 4. The van der Waals surface area contributed by atoms with Gasteiger partial charge in [0.1, 0.15) is 12.1 Å². The van der Waals surface area contributed by atoms with Gasteiger partial charge in [0.15, 0.2) is 6.10 Å². The van der Waals surface area contributed by atoms with Crippen LogP contribution in [0.25, 0.3) is 0 Å².